The van der Waals surface area contributed by atoms with E-state index in [1.807, 2.05) is 13.8 Å². The summed E-state index contributed by atoms with van der Waals surface area (Å²) in [6.45, 7) is 9.95. The Kier molecular flexibility index (Phi) is 4.35. The van der Waals surface area contributed by atoms with Gasteiger partial charge in [-0.25, -0.2) is 5.84 Å². The predicted molar refractivity (Wildman–Crippen MR) is 72.3 cm³/mol. The van der Waals surface area contributed by atoms with Gasteiger partial charge in [-0.15, -0.1) is 0 Å². The Balaban J connectivity index is 2.84. The highest BCUT2D eigenvalue weighted by molar-refractivity contribution is 5.81. The molecule has 3 N–H and O–H groups in total. The Bertz CT molecular complexity index is 430. The molecule has 0 aliphatic rings. The van der Waals surface area contributed by atoms with Crippen molar-refractivity contribution >= 4 is 5.91 Å². The molecule has 1 aromatic rings. The number of aryl methyl sites for hydroxylation is 3. The highest BCUT2D eigenvalue weighted by atomic mass is 16.5. The molecule has 0 aliphatic carbocycles. The zero-order valence-corrected chi connectivity index (χ0v) is 11.8. The minimum Gasteiger partial charge on any atom is -0.492 e. The molecule has 0 unspecified atom stereocenters. The lowest BCUT2D eigenvalue weighted by Crippen LogP contribution is -2.44. The lowest BCUT2D eigenvalue weighted by molar-refractivity contribution is -0.130. The highest BCUT2D eigenvalue weighted by Crippen LogP contribution is 2.26. The summed E-state index contributed by atoms with van der Waals surface area (Å²) < 4.78 is 5.79. The molecule has 0 radical (unpaired) electrons. The molecule has 4 nitrogen and oxygen atoms in total. The maximum Gasteiger partial charge on any atom is 0.242 e. The number of benzene rings is 1. The molecule has 0 atom stereocenters. The molecule has 1 rings (SSSR count). The van der Waals surface area contributed by atoms with Crippen LogP contribution in [0.2, 0.25) is 0 Å². The van der Waals surface area contributed by atoms with Crippen molar-refractivity contribution in [3.8, 4) is 5.75 Å². The van der Waals surface area contributed by atoms with E-state index in [1.54, 1.807) is 13.8 Å². The second-order valence-electron chi connectivity index (χ2n) is 5.37. The van der Waals surface area contributed by atoms with Gasteiger partial charge in [0.1, 0.15) is 12.4 Å². The SMILES string of the molecule is Cc1cc(C)c(OCC(C)(C)C(=O)NN)c(C)c1. The average Bonchev–Trinajstić information content (AvgIpc) is 2.26. The molecule has 4 heteroatoms. The maximum atomic E-state index is 11.6. The molecule has 18 heavy (non-hydrogen) atoms. The number of nitrogens with two attached hydrogens (primary N) is 1. The van der Waals surface area contributed by atoms with Gasteiger partial charge in [0.15, 0.2) is 0 Å². The quantitative estimate of drug-likeness (QED) is 0.488. The van der Waals surface area contributed by atoms with Crippen LogP contribution < -0.4 is 16.0 Å². The number of amides is 1. The maximum absolute atomic E-state index is 11.6. The van der Waals surface area contributed by atoms with Crippen LogP contribution in [-0.2, 0) is 4.79 Å². The Labute approximate surface area is 108 Å². The van der Waals surface area contributed by atoms with E-state index in [0.717, 1.165) is 16.9 Å². The largest absolute Gasteiger partial charge is 0.492 e. The van der Waals surface area contributed by atoms with Gasteiger partial charge in [-0.05, 0) is 45.7 Å². The second-order valence-corrected chi connectivity index (χ2v) is 5.37. The minimum atomic E-state index is -0.654. The molecular formula is C14H22N2O2. The van der Waals surface area contributed by atoms with Gasteiger partial charge >= 0.3 is 0 Å². The summed E-state index contributed by atoms with van der Waals surface area (Å²) in [5.74, 6) is 5.77. The number of hydrogen-bond acceptors (Lipinski definition) is 3. The van der Waals surface area contributed by atoms with Gasteiger partial charge in [0.2, 0.25) is 5.91 Å². The standard InChI is InChI=1S/C14H22N2O2/c1-9-6-10(2)12(11(3)7-9)18-8-14(4,5)13(17)16-15/h6-7H,8,15H2,1-5H3,(H,16,17). The minimum absolute atomic E-state index is 0.232. The Morgan fingerprint density at radius 1 is 1.28 bits per heavy atom. The van der Waals surface area contributed by atoms with E-state index in [2.05, 4.69) is 24.5 Å². The highest BCUT2D eigenvalue weighted by Gasteiger charge is 2.28. The summed E-state index contributed by atoms with van der Waals surface area (Å²) in [5.41, 5.74) is 4.87. The van der Waals surface area contributed by atoms with Crippen LogP contribution in [0.15, 0.2) is 12.1 Å². The summed E-state index contributed by atoms with van der Waals surface area (Å²) in [5, 5.41) is 0. The first-order chi connectivity index (χ1) is 8.27. The molecule has 0 saturated heterocycles. The zero-order valence-electron chi connectivity index (χ0n) is 11.8. The molecule has 0 aliphatic heterocycles. The van der Waals surface area contributed by atoms with Crippen LogP contribution in [0, 0.1) is 26.2 Å². The van der Waals surface area contributed by atoms with Gasteiger partial charge in [-0.1, -0.05) is 17.7 Å². The molecule has 0 bridgehead atoms. The fourth-order valence-corrected chi connectivity index (χ4v) is 1.91. The average molecular weight is 250 g/mol. The molecule has 100 valence electrons. The van der Waals surface area contributed by atoms with Crippen molar-refractivity contribution in [1.82, 2.24) is 5.43 Å². The first-order valence-corrected chi connectivity index (χ1v) is 5.99. The van der Waals surface area contributed by atoms with Gasteiger partial charge < -0.3 is 4.74 Å². The lowest BCUT2D eigenvalue weighted by atomic mass is 9.94. The molecule has 0 fully saturated rings. The summed E-state index contributed by atoms with van der Waals surface area (Å²) in [6.07, 6.45) is 0. The van der Waals surface area contributed by atoms with Crippen LogP contribution in [0.1, 0.15) is 30.5 Å². The smallest absolute Gasteiger partial charge is 0.242 e. The van der Waals surface area contributed by atoms with Crippen molar-refractivity contribution in [2.45, 2.75) is 34.6 Å². The van der Waals surface area contributed by atoms with E-state index in [-0.39, 0.29) is 5.91 Å². The van der Waals surface area contributed by atoms with E-state index < -0.39 is 5.41 Å². The van der Waals surface area contributed by atoms with Crippen molar-refractivity contribution < 1.29 is 9.53 Å². The number of carbonyl (C=O) groups is 1. The lowest BCUT2D eigenvalue weighted by Gasteiger charge is -2.24. The molecule has 1 amide bonds. The number of carbonyl (C=O) groups excluding carboxylic acids is 1. The van der Waals surface area contributed by atoms with Gasteiger partial charge in [-0.3, -0.25) is 10.2 Å². The summed E-state index contributed by atoms with van der Waals surface area (Å²) in [4.78, 5) is 11.6. The van der Waals surface area contributed by atoms with E-state index in [1.165, 1.54) is 5.56 Å². The third-order valence-corrected chi connectivity index (χ3v) is 2.93. The van der Waals surface area contributed by atoms with Crippen LogP contribution in [0.25, 0.3) is 0 Å². The van der Waals surface area contributed by atoms with Gasteiger partial charge in [0.25, 0.3) is 0 Å². The van der Waals surface area contributed by atoms with Crippen molar-refractivity contribution in [3.63, 3.8) is 0 Å². The Morgan fingerprint density at radius 2 is 1.78 bits per heavy atom. The van der Waals surface area contributed by atoms with Crippen molar-refractivity contribution in [2.75, 3.05) is 6.61 Å². The van der Waals surface area contributed by atoms with Crippen LogP contribution in [0.5, 0.6) is 5.75 Å². The van der Waals surface area contributed by atoms with Gasteiger partial charge in [-0.2, -0.15) is 0 Å². The van der Waals surface area contributed by atoms with E-state index in [0.29, 0.717) is 6.61 Å². The van der Waals surface area contributed by atoms with Gasteiger partial charge in [0.05, 0.1) is 5.41 Å². The van der Waals surface area contributed by atoms with Crippen LogP contribution >= 0.6 is 0 Å². The summed E-state index contributed by atoms with van der Waals surface area (Å²) in [7, 11) is 0. The Morgan fingerprint density at radius 3 is 2.22 bits per heavy atom. The van der Waals surface area contributed by atoms with E-state index in [9.17, 15) is 4.79 Å². The van der Waals surface area contributed by atoms with Crippen LogP contribution in [-0.4, -0.2) is 12.5 Å². The normalized spacial score (nSPS) is 11.2. The second kappa shape index (κ2) is 5.40. The van der Waals surface area contributed by atoms with Crippen LogP contribution in [0.3, 0.4) is 0 Å². The number of nitrogens with one attached hydrogen (secondary N) is 1. The molecule has 0 heterocycles. The molecule has 0 spiro atoms. The third-order valence-electron chi connectivity index (χ3n) is 2.93. The van der Waals surface area contributed by atoms with Crippen molar-refractivity contribution in [3.05, 3.63) is 28.8 Å². The topological polar surface area (TPSA) is 64.3 Å². The number of ether oxygens (including phenoxy) is 1. The fraction of sp³-hybridized carbons (Fsp3) is 0.500. The Hall–Kier alpha value is -1.55. The number of rotatable bonds is 4. The zero-order chi connectivity index (χ0) is 13.9. The summed E-state index contributed by atoms with van der Waals surface area (Å²) >= 11 is 0. The first kappa shape index (κ1) is 14.5. The third kappa shape index (κ3) is 3.23. The van der Waals surface area contributed by atoms with E-state index >= 15 is 0 Å². The molecule has 0 saturated carbocycles. The molecule has 1 aromatic carbocycles. The number of hydrazine groups is 1. The molecular weight excluding hydrogens is 228 g/mol. The fourth-order valence-electron chi connectivity index (χ4n) is 1.91. The monoisotopic (exact) mass is 250 g/mol. The van der Waals surface area contributed by atoms with Crippen LogP contribution in [0.4, 0.5) is 0 Å². The van der Waals surface area contributed by atoms with Gasteiger partial charge in [0, 0.05) is 0 Å². The predicted octanol–water partition coefficient (Wildman–Crippen LogP) is 2.01. The van der Waals surface area contributed by atoms with Crippen molar-refractivity contribution in [2.24, 2.45) is 11.3 Å². The molecule has 0 aromatic heterocycles. The van der Waals surface area contributed by atoms with Crippen molar-refractivity contribution in [1.29, 1.82) is 0 Å². The van der Waals surface area contributed by atoms with E-state index in [4.69, 9.17) is 10.6 Å². The number of hydrogen-bond donors (Lipinski definition) is 2. The first-order valence-electron chi connectivity index (χ1n) is 5.99. The summed E-state index contributed by atoms with van der Waals surface area (Å²) in [6, 6.07) is 4.14.